The van der Waals surface area contributed by atoms with Crippen molar-refractivity contribution in [1.29, 1.82) is 0 Å². The van der Waals surface area contributed by atoms with E-state index in [4.69, 9.17) is 17.0 Å². The zero-order chi connectivity index (χ0) is 18.7. The summed E-state index contributed by atoms with van der Waals surface area (Å²) in [4.78, 5) is 14.8. The van der Waals surface area contributed by atoms with Gasteiger partial charge in [0.2, 0.25) is 0 Å². The van der Waals surface area contributed by atoms with E-state index in [1.807, 2.05) is 38.1 Å². The maximum atomic E-state index is 12.7. The van der Waals surface area contributed by atoms with Crippen molar-refractivity contribution in [1.82, 2.24) is 4.90 Å². The molecule has 0 aliphatic carbocycles. The lowest BCUT2D eigenvalue weighted by Gasteiger charge is -2.14. The molecule has 1 aliphatic rings. The molecule has 1 heterocycles. The second kappa shape index (κ2) is 7.93. The lowest BCUT2D eigenvalue weighted by atomic mass is 10.1. The van der Waals surface area contributed by atoms with E-state index in [0.29, 0.717) is 33.7 Å². The summed E-state index contributed by atoms with van der Waals surface area (Å²) in [7, 11) is 0. The highest BCUT2D eigenvalue weighted by Crippen LogP contribution is 2.37. The van der Waals surface area contributed by atoms with E-state index in [0.717, 1.165) is 5.56 Å². The zero-order valence-corrected chi connectivity index (χ0v) is 16.2. The second-order valence-corrected chi connectivity index (χ2v) is 7.56. The molecule has 6 heteroatoms. The molecule has 0 aromatic heterocycles. The molecule has 3 rings (SSSR count). The van der Waals surface area contributed by atoms with Gasteiger partial charge in [-0.2, -0.15) is 0 Å². The summed E-state index contributed by atoms with van der Waals surface area (Å²) < 4.78 is 5.91. The largest absolute Gasteiger partial charge is 0.504 e. The number of para-hydroxylation sites is 1. The molecule has 1 aliphatic heterocycles. The summed E-state index contributed by atoms with van der Waals surface area (Å²) in [5.41, 5.74) is 2.73. The van der Waals surface area contributed by atoms with Crippen LogP contribution in [0.1, 0.15) is 23.6 Å². The third-order valence-corrected chi connectivity index (χ3v) is 5.33. The lowest BCUT2D eigenvalue weighted by molar-refractivity contribution is -0.122. The summed E-state index contributed by atoms with van der Waals surface area (Å²) in [6.07, 6.45) is 1.66. The van der Waals surface area contributed by atoms with Crippen molar-refractivity contribution in [3.8, 4) is 11.5 Å². The molecular formula is C20H19NO3S2. The van der Waals surface area contributed by atoms with Crippen LogP contribution in [0.2, 0.25) is 0 Å². The number of phenols is 1. The van der Waals surface area contributed by atoms with Gasteiger partial charge in [-0.15, -0.1) is 0 Å². The molecule has 1 saturated heterocycles. The van der Waals surface area contributed by atoms with E-state index in [-0.39, 0.29) is 11.7 Å². The zero-order valence-electron chi connectivity index (χ0n) is 14.6. The quantitative estimate of drug-likeness (QED) is 0.607. The number of thiocarbonyl (C=S) groups is 1. The Balaban J connectivity index is 1.83. The van der Waals surface area contributed by atoms with Crippen molar-refractivity contribution in [2.45, 2.75) is 20.4 Å². The van der Waals surface area contributed by atoms with Crippen molar-refractivity contribution >= 4 is 40.3 Å². The molecule has 0 radical (unpaired) electrons. The van der Waals surface area contributed by atoms with Crippen molar-refractivity contribution in [3.63, 3.8) is 0 Å². The molecule has 4 nitrogen and oxygen atoms in total. The van der Waals surface area contributed by atoms with E-state index in [1.54, 1.807) is 29.2 Å². The third kappa shape index (κ3) is 3.92. The topological polar surface area (TPSA) is 49.8 Å². The van der Waals surface area contributed by atoms with Crippen LogP contribution in [-0.2, 0) is 11.3 Å². The number of amides is 1. The minimum absolute atomic E-state index is 0.0261. The molecule has 26 heavy (non-hydrogen) atoms. The molecule has 1 fully saturated rings. The fourth-order valence-corrected chi connectivity index (χ4v) is 3.83. The van der Waals surface area contributed by atoms with Crippen LogP contribution >= 0.6 is 24.0 Å². The molecule has 1 N–H and O–H groups in total. The SMILES string of the molecule is CCOc1cccc(/C=C2\SC(=S)N(Cc3ccc(C)cc3)C2=O)c1O. The van der Waals surface area contributed by atoms with Gasteiger partial charge >= 0.3 is 0 Å². The summed E-state index contributed by atoms with van der Waals surface area (Å²) in [5.74, 6) is 0.274. The number of carbonyl (C=O) groups excluding carboxylic acids is 1. The maximum Gasteiger partial charge on any atom is 0.266 e. The molecule has 0 bridgehead atoms. The van der Waals surface area contributed by atoms with Gasteiger partial charge in [0.15, 0.2) is 11.5 Å². The van der Waals surface area contributed by atoms with E-state index in [2.05, 4.69) is 0 Å². The Bertz CT molecular complexity index is 875. The smallest absolute Gasteiger partial charge is 0.266 e. The van der Waals surface area contributed by atoms with Gasteiger partial charge in [0.1, 0.15) is 4.32 Å². The Kier molecular flexibility index (Phi) is 5.64. The monoisotopic (exact) mass is 385 g/mol. The number of hydrogen-bond acceptors (Lipinski definition) is 5. The molecule has 0 unspecified atom stereocenters. The number of phenolic OH excluding ortho intramolecular Hbond substituents is 1. The average molecular weight is 386 g/mol. The highest BCUT2D eigenvalue weighted by Gasteiger charge is 2.32. The molecule has 134 valence electrons. The Morgan fingerprint density at radius 3 is 2.65 bits per heavy atom. The fourth-order valence-electron chi connectivity index (χ4n) is 2.58. The first-order chi connectivity index (χ1) is 12.5. The Morgan fingerprint density at radius 2 is 1.96 bits per heavy atom. The number of thioether (sulfide) groups is 1. The first-order valence-electron chi connectivity index (χ1n) is 8.25. The van der Waals surface area contributed by atoms with Crippen LogP contribution in [-0.4, -0.2) is 26.8 Å². The molecule has 2 aromatic carbocycles. The van der Waals surface area contributed by atoms with E-state index in [9.17, 15) is 9.90 Å². The van der Waals surface area contributed by atoms with Gasteiger partial charge in [-0.1, -0.05) is 65.9 Å². The van der Waals surface area contributed by atoms with Crippen LogP contribution in [0.4, 0.5) is 0 Å². The van der Waals surface area contributed by atoms with E-state index < -0.39 is 0 Å². The summed E-state index contributed by atoms with van der Waals surface area (Å²) in [5, 5.41) is 10.3. The number of nitrogens with zero attached hydrogens (tertiary/aromatic N) is 1. The van der Waals surface area contributed by atoms with Gasteiger partial charge in [-0.25, -0.2) is 0 Å². The molecule has 0 atom stereocenters. The molecule has 1 amide bonds. The number of ether oxygens (including phenoxy) is 1. The Labute approximate surface area is 162 Å². The predicted octanol–water partition coefficient (Wildman–Crippen LogP) is 4.50. The van der Waals surface area contributed by atoms with Crippen LogP contribution < -0.4 is 4.74 Å². The van der Waals surface area contributed by atoms with Gasteiger partial charge in [-0.05, 0) is 31.6 Å². The van der Waals surface area contributed by atoms with Gasteiger partial charge in [0, 0.05) is 5.56 Å². The lowest BCUT2D eigenvalue weighted by Crippen LogP contribution is -2.27. The first-order valence-corrected chi connectivity index (χ1v) is 9.47. The first kappa shape index (κ1) is 18.5. The van der Waals surface area contributed by atoms with Crippen molar-refractivity contribution in [2.75, 3.05) is 6.61 Å². The second-order valence-electron chi connectivity index (χ2n) is 5.88. The number of carbonyl (C=O) groups is 1. The fraction of sp³-hybridized carbons (Fsp3) is 0.200. The predicted molar refractivity (Wildman–Crippen MR) is 109 cm³/mol. The van der Waals surface area contributed by atoms with Crippen LogP contribution in [0.5, 0.6) is 11.5 Å². The molecule has 2 aromatic rings. The number of aromatic hydroxyl groups is 1. The summed E-state index contributed by atoms with van der Waals surface area (Å²) in [6.45, 7) is 4.76. The van der Waals surface area contributed by atoms with Crippen molar-refractivity contribution < 1.29 is 14.6 Å². The van der Waals surface area contributed by atoms with Gasteiger partial charge < -0.3 is 9.84 Å². The van der Waals surface area contributed by atoms with Crippen LogP contribution in [0.25, 0.3) is 6.08 Å². The van der Waals surface area contributed by atoms with E-state index in [1.165, 1.54) is 17.3 Å². The Hall–Kier alpha value is -2.31. The maximum absolute atomic E-state index is 12.7. The Morgan fingerprint density at radius 1 is 1.23 bits per heavy atom. The average Bonchev–Trinajstić information content (AvgIpc) is 2.88. The normalized spacial score (nSPS) is 15.8. The van der Waals surface area contributed by atoms with Gasteiger partial charge in [0.05, 0.1) is 18.1 Å². The number of aryl methyl sites for hydroxylation is 1. The summed E-state index contributed by atoms with van der Waals surface area (Å²) >= 11 is 6.62. The van der Waals surface area contributed by atoms with Crippen LogP contribution in [0.3, 0.4) is 0 Å². The van der Waals surface area contributed by atoms with Crippen LogP contribution in [0, 0.1) is 6.92 Å². The number of hydrogen-bond donors (Lipinski definition) is 1. The minimum atomic E-state index is -0.151. The van der Waals surface area contributed by atoms with Gasteiger partial charge in [0.25, 0.3) is 5.91 Å². The molecule has 0 spiro atoms. The van der Waals surface area contributed by atoms with Gasteiger partial charge in [-0.3, -0.25) is 9.69 Å². The minimum Gasteiger partial charge on any atom is -0.504 e. The number of rotatable bonds is 5. The third-order valence-electron chi connectivity index (χ3n) is 3.95. The molecule has 0 saturated carbocycles. The van der Waals surface area contributed by atoms with Crippen molar-refractivity contribution in [3.05, 3.63) is 64.1 Å². The summed E-state index contributed by atoms with van der Waals surface area (Å²) in [6, 6.07) is 13.2. The van der Waals surface area contributed by atoms with E-state index >= 15 is 0 Å². The van der Waals surface area contributed by atoms with Crippen LogP contribution in [0.15, 0.2) is 47.4 Å². The van der Waals surface area contributed by atoms with Crippen molar-refractivity contribution in [2.24, 2.45) is 0 Å². The molecular weight excluding hydrogens is 366 g/mol. The number of benzene rings is 2. The highest BCUT2D eigenvalue weighted by atomic mass is 32.2. The highest BCUT2D eigenvalue weighted by molar-refractivity contribution is 8.26. The standard InChI is InChI=1S/C20H19NO3S2/c1-3-24-16-6-4-5-15(18(16)22)11-17-19(23)21(20(25)26-17)12-14-9-7-13(2)8-10-14/h4-11,22H,3,12H2,1-2H3/b17-11-.